The van der Waals surface area contributed by atoms with E-state index in [1.807, 2.05) is 0 Å². The highest BCUT2D eigenvalue weighted by Gasteiger charge is 2.34. The SMILES string of the molecule is O=C(NCCCCO)C1CCCCS1(=O)=O. The number of carbonyl (C=O) groups is 1. The van der Waals surface area contributed by atoms with Crippen molar-refractivity contribution >= 4 is 15.7 Å². The summed E-state index contributed by atoms with van der Waals surface area (Å²) in [5.41, 5.74) is 0. The van der Waals surface area contributed by atoms with Crippen molar-refractivity contribution < 1.29 is 18.3 Å². The zero-order chi connectivity index (χ0) is 12.0. The fourth-order valence-electron chi connectivity index (χ4n) is 1.81. The lowest BCUT2D eigenvalue weighted by atomic mass is 10.2. The molecule has 94 valence electrons. The van der Waals surface area contributed by atoms with Gasteiger partial charge in [-0.05, 0) is 25.7 Å². The van der Waals surface area contributed by atoms with E-state index in [2.05, 4.69) is 5.32 Å². The second-order valence-corrected chi connectivity index (χ2v) is 6.38. The van der Waals surface area contributed by atoms with Gasteiger partial charge in [0.15, 0.2) is 9.84 Å². The Morgan fingerprint density at radius 3 is 2.69 bits per heavy atom. The molecule has 1 unspecified atom stereocenters. The van der Waals surface area contributed by atoms with Crippen molar-refractivity contribution in [1.82, 2.24) is 5.32 Å². The third-order valence-corrected chi connectivity index (χ3v) is 4.93. The van der Waals surface area contributed by atoms with Crippen molar-refractivity contribution in [2.45, 2.75) is 37.4 Å². The minimum atomic E-state index is -3.23. The van der Waals surface area contributed by atoms with Crippen molar-refractivity contribution in [2.75, 3.05) is 18.9 Å². The first kappa shape index (κ1) is 13.4. The van der Waals surface area contributed by atoms with E-state index in [0.717, 1.165) is 6.42 Å². The van der Waals surface area contributed by atoms with Gasteiger partial charge in [0.2, 0.25) is 5.91 Å². The smallest absolute Gasteiger partial charge is 0.238 e. The molecule has 1 aliphatic heterocycles. The van der Waals surface area contributed by atoms with E-state index in [4.69, 9.17) is 5.11 Å². The Morgan fingerprint density at radius 1 is 1.31 bits per heavy atom. The highest BCUT2D eigenvalue weighted by Crippen LogP contribution is 2.19. The monoisotopic (exact) mass is 249 g/mol. The largest absolute Gasteiger partial charge is 0.396 e. The average Bonchev–Trinajstić information content (AvgIpc) is 2.23. The molecule has 0 aromatic rings. The van der Waals surface area contributed by atoms with Crippen LogP contribution in [0.1, 0.15) is 32.1 Å². The summed E-state index contributed by atoms with van der Waals surface area (Å²) < 4.78 is 23.2. The molecular formula is C10H19NO4S. The standard InChI is InChI=1S/C10H19NO4S/c12-7-3-2-6-11-10(13)9-5-1-4-8-16(9,14)15/h9,12H,1-8H2,(H,11,13). The summed E-state index contributed by atoms with van der Waals surface area (Å²) in [5.74, 6) is -0.250. The van der Waals surface area contributed by atoms with Crippen LogP contribution in [0.15, 0.2) is 0 Å². The highest BCUT2D eigenvalue weighted by molar-refractivity contribution is 7.92. The fourth-order valence-corrected chi connectivity index (χ4v) is 3.64. The van der Waals surface area contributed by atoms with Crippen molar-refractivity contribution in [3.05, 3.63) is 0 Å². The fraction of sp³-hybridized carbons (Fsp3) is 0.900. The van der Waals surface area contributed by atoms with E-state index in [1.54, 1.807) is 0 Å². The molecule has 1 amide bonds. The third kappa shape index (κ3) is 3.75. The molecule has 0 saturated carbocycles. The molecule has 1 atom stereocenters. The Labute approximate surface area is 96.1 Å². The van der Waals surface area contributed by atoms with Gasteiger partial charge < -0.3 is 10.4 Å². The minimum absolute atomic E-state index is 0.0948. The van der Waals surface area contributed by atoms with Crippen LogP contribution in [0.25, 0.3) is 0 Å². The maximum atomic E-state index is 11.6. The zero-order valence-corrected chi connectivity index (χ0v) is 10.1. The number of carbonyl (C=O) groups excluding carboxylic acids is 1. The zero-order valence-electron chi connectivity index (χ0n) is 9.31. The van der Waals surface area contributed by atoms with E-state index in [0.29, 0.717) is 32.2 Å². The molecule has 16 heavy (non-hydrogen) atoms. The van der Waals surface area contributed by atoms with Gasteiger partial charge in [0.1, 0.15) is 5.25 Å². The van der Waals surface area contributed by atoms with E-state index in [1.165, 1.54) is 0 Å². The second-order valence-electron chi connectivity index (χ2n) is 4.07. The molecule has 1 aliphatic rings. The number of nitrogens with one attached hydrogen (secondary N) is 1. The molecule has 0 spiro atoms. The van der Waals surface area contributed by atoms with Crippen molar-refractivity contribution in [2.24, 2.45) is 0 Å². The van der Waals surface area contributed by atoms with Crippen LogP contribution in [0.5, 0.6) is 0 Å². The Bertz CT molecular complexity index is 326. The van der Waals surface area contributed by atoms with Crippen LogP contribution in [0.4, 0.5) is 0 Å². The average molecular weight is 249 g/mol. The molecular weight excluding hydrogens is 230 g/mol. The molecule has 0 bridgehead atoms. The first-order valence-corrected chi connectivity index (χ1v) is 7.39. The van der Waals surface area contributed by atoms with Gasteiger partial charge in [-0.1, -0.05) is 6.42 Å². The second kappa shape index (κ2) is 6.20. The Kier molecular flexibility index (Phi) is 5.21. The quantitative estimate of drug-likeness (QED) is 0.663. The molecule has 0 aromatic heterocycles. The molecule has 5 nitrogen and oxygen atoms in total. The molecule has 6 heteroatoms. The number of hydrogen-bond donors (Lipinski definition) is 2. The molecule has 2 N–H and O–H groups in total. The molecule has 1 saturated heterocycles. The minimum Gasteiger partial charge on any atom is -0.396 e. The molecule has 0 radical (unpaired) electrons. The molecule has 1 heterocycles. The predicted octanol–water partition coefficient (Wildman–Crippen LogP) is -0.158. The maximum absolute atomic E-state index is 11.6. The van der Waals surface area contributed by atoms with E-state index in [9.17, 15) is 13.2 Å². The lowest BCUT2D eigenvalue weighted by Crippen LogP contribution is -2.43. The van der Waals surface area contributed by atoms with Gasteiger partial charge in [0.25, 0.3) is 0 Å². The number of unbranched alkanes of at least 4 members (excludes halogenated alkanes) is 1. The first-order chi connectivity index (χ1) is 7.58. The summed E-state index contributed by atoms with van der Waals surface area (Å²) in [4.78, 5) is 11.6. The van der Waals surface area contributed by atoms with Crippen molar-refractivity contribution in [3.8, 4) is 0 Å². The first-order valence-electron chi connectivity index (χ1n) is 5.68. The van der Waals surface area contributed by atoms with Crippen LogP contribution in [-0.2, 0) is 14.6 Å². The summed E-state index contributed by atoms with van der Waals surface area (Å²) in [5, 5.41) is 10.3. The van der Waals surface area contributed by atoms with Crippen LogP contribution in [0, 0.1) is 0 Å². The lowest BCUT2D eigenvalue weighted by molar-refractivity contribution is -0.120. The molecule has 0 aliphatic carbocycles. The number of hydrogen-bond acceptors (Lipinski definition) is 4. The summed E-state index contributed by atoms with van der Waals surface area (Å²) >= 11 is 0. The van der Waals surface area contributed by atoms with Gasteiger partial charge in [0, 0.05) is 13.2 Å². The van der Waals surface area contributed by atoms with E-state index >= 15 is 0 Å². The maximum Gasteiger partial charge on any atom is 0.238 e. The summed E-state index contributed by atoms with van der Waals surface area (Å²) in [6.07, 6.45) is 3.20. The summed E-state index contributed by atoms with van der Waals surface area (Å²) in [7, 11) is -3.23. The number of aliphatic hydroxyl groups is 1. The van der Waals surface area contributed by atoms with E-state index in [-0.39, 0.29) is 18.3 Å². The van der Waals surface area contributed by atoms with Gasteiger partial charge in [-0.25, -0.2) is 8.42 Å². The van der Waals surface area contributed by atoms with Crippen LogP contribution in [0.2, 0.25) is 0 Å². The number of rotatable bonds is 5. The van der Waals surface area contributed by atoms with Gasteiger partial charge in [-0.3, -0.25) is 4.79 Å². The van der Waals surface area contributed by atoms with Crippen molar-refractivity contribution in [1.29, 1.82) is 0 Å². The Morgan fingerprint density at radius 2 is 2.06 bits per heavy atom. The molecule has 1 rings (SSSR count). The number of sulfone groups is 1. The van der Waals surface area contributed by atoms with Gasteiger partial charge in [0.05, 0.1) is 5.75 Å². The topological polar surface area (TPSA) is 83.5 Å². The van der Waals surface area contributed by atoms with Crippen LogP contribution in [-0.4, -0.2) is 43.6 Å². The lowest BCUT2D eigenvalue weighted by Gasteiger charge is -2.21. The van der Waals surface area contributed by atoms with E-state index < -0.39 is 15.1 Å². The molecule has 0 aromatic carbocycles. The van der Waals surface area contributed by atoms with Crippen LogP contribution in [0.3, 0.4) is 0 Å². The van der Waals surface area contributed by atoms with Gasteiger partial charge >= 0.3 is 0 Å². The normalized spacial score (nSPS) is 23.9. The van der Waals surface area contributed by atoms with Crippen molar-refractivity contribution in [3.63, 3.8) is 0 Å². The Balaban J connectivity index is 2.40. The predicted molar refractivity (Wildman–Crippen MR) is 60.8 cm³/mol. The Hall–Kier alpha value is -0.620. The number of aliphatic hydroxyl groups excluding tert-OH is 1. The molecule has 1 fully saturated rings. The third-order valence-electron chi connectivity index (χ3n) is 2.76. The van der Waals surface area contributed by atoms with Crippen LogP contribution >= 0.6 is 0 Å². The summed E-state index contributed by atoms with van der Waals surface area (Å²) in [6, 6.07) is 0. The number of amides is 1. The summed E-state index contributed by atoms with van der Waals surface area (Å²) in [6.45, 7) is 0.531. The highest BCUT2D eigenvalue weighted by atomic mass is 32.2. The van der Waals surface area contributed by atoms with Gasteiger partial charge in [-0.15, -0.1) is 0 Å². The van der Waals surface area contributed by atoms with Crippen LogP contribution < -0.4 is 5.32 Å². The van der Waals surface area contributed by atoms with Gasteiger partial charge in [-0.2, -0.15) is 0 Å².